The minimum absolute atomic E-state index is 0.283. The van der Waals surface area contributed by atoms with E-state index < -0.39 is 18.5 Å². The summed E-state index contributed by atoms with van der Waals surface area (Å²) in [4.78, 5) is 49.4. The van der Waals surface area contributed by atoms with E-state index in [0.29, 0.717) is 12.8 Å². The number of fused-ring (bicyclic) bond motifs is 1. The molecule has 2 N–H and O–H groups in total. The summed E-state index contributed by atoms with van der Waals surface area (Å²) in [5, 5.41) is 4.73. The smallest absolute Gasteiger partial charge is 0.321 e. The zero-order valence-corrected chi connectivity index (χ0v) is 13.9. The summed E-state index contributed by atoms with van der Waals surface area (Å²) < 4.78 is 0. The van der Waals surface area contributed by atoms with Gasteiger partial charge in [-0.25, -0.2) is 4.79 Å². The fourth-order valence-electron chi connectivity index (χ4n) is 3.52. The monoisotopic (exact) mass is 343 g/mol. The number of benzene rings is 1. The number of carbonyl (C=O) groups excluding carboxylic acids is 4. The lowest BCUT2D eigenvalue weighted by molar-refractivity contribution is -0.143. The Morgan fingerprint density at radius 1 is 1.00 bits per heavy atom. The Morgan fingerprint density at radius 3 is 2.20 bits per heavy atom. The van der Waals surface area contributed by atoms with Gasteiger partial charge in [-0.05, 0) is 18.4 Å². The maximum absolute atomic E-state index is 12.3. The van der Waals surface area contributed by atoms with Crippen LogP contribution in [0.4, 0.5) is 4.79 Å². The van der Waals surface area contributed by atoms with Crippen molar-refractivity contribution in [2.45, 2.75) is 32.2 Å². The molecule has 2 atom stereocenters. The second-order valence-electron chi connectivity index (χ2n) is 6.48. The highest BCUT2D eigenvalue weighted by Gasteiger charge is 2.48. The van der Waals surface area contributed by atoms with Gasteiger partial charge in [0, 0.05) is 6.54 Å². The van der Waals surface area contributed by atoms with Crippen LogP contribution in [0.15, 0.2) is 30.3 Å². The molecule has 1 saturated carbocycles. The van der Waals surface area contributed by atoms with Crippen molar-refractivity contribution in [1.82, 2.24) is 15.5 Å². The number of hydrogen-bond donors (Lipinski definition) is 2. The fraction of sp³-hybridized carbons (Fsp3) is 0.444. The minimum Gasteiger partial charge on any atom is -0.334 e. The van der Waals surface area contributed by atoms with Crippen molar-refractivity contribution in [1.29, 1.82) is 0 Å². The molecule has 0 aromatic heterocycles. The summed E-state index contributed by atoms with van der Waals surface area (Å²) in [6.07, 6.45) is 3.26. The molecule has 1 saturated heterocycles. The van der Waals surface area contributed by atoms with Crippen LogP contribution in [0.25, 0.3) is 0 Å². The summed E-state index contributed by atoms with van der Waals surface area (Å²) >= 11 is 0. The predicted octanol–water partition coefficient (Wildman–Crippen LogP) is 1.19. The quantitative estimate of drug-likeness (QED) is 0.803. The van der Waals surface area contributed by atoms with Gasteiger partial charge < -0.3 is 5.32 Å². The van der Waals surface area contributed by atoms with E-state index in [9.17, 15) is 19.2 Å². The van der Waals surface area contributed by atoms with Crippen LogP contribution in [0.1, 0.15) is 31.2 Å². The van der Waals surface area contributed by atoms with Crippen LogP contribution in [0.2, 0.25) is 0 Å². The molecule has 1 aromatic rings. The fourth-order valence-corrected chi connectivity index (χ4v) is 3.52. The van der Waals surface area contributed by atoms with Crippen LogP contribution in [-0.2, 0) is 20.9 Å². The standard InChI is InChI=1S/C18H21N3O4/c22-15(20-18(25)19-10-12-6-2-1-3-7-12)11-21-16(23)13-8-4-5-9-14(13)17(21)24/h1-3,6-7,13-14H,4-5,8-11H2,(H2,19,20,22,25)/t13-,14-/m0/s1. The highest BCUT2D eigenvalue weighted by atomic mass is 16.2. The predicted molar refractivity (Wildman–Crippen MR) is 89.0 cm³/mol. The molecule has 7 nitrogen and oxygen atoms in total. The van der Waals surface area contributed by atoms with Crippen LogP contribution in [0.5, 0.6) is 0 Å². The number of amides is 5. The van der Waals surface area contributed by atoms with Crippen LogP contribution in [-0.4, -0.2) is 35.2 Å². The highest BCUT2D eigenvalue weighted by molar-refractivity contribution is 6.08. The average molecular weight is 343 g/mol. The van der Waals surface area contributed by atoms with Gasteiger partial charge in [0.15, 0.2) is 0 Å². The van der Waals surface area contributed by atoms with E-state index in [4.69, 9.17) is 0 Å². The van der Waals surface area contributed by atoms with Gasteiger partial charge in [-0.15, -0.1) is 0 Å². The third-order valence-electron chi connectivity index (χ3n) is 4.78. The molecular formula is C18H21N3O4. The number of hydrogen-bond acceptors (Lipinski definition) is 4. The van der Waals surface area contributed by atoms with Gasteiger partial charge in [0.25, 0.3) is 0 Å². The molecule has 7 heteroatoms. The van der Waals surface area contributed by atoms with Gasteiger partial charge in [0.1, 0.15) is 6.54 Å². The van der Waals surface area contributed by atoms with Gasteiger partial charge in [-0.3, -0.25) is 24.6 Å². The molecule has 5 amide bonds. The van der Waals surface area contributed by atoms with Crippen molar-refractivity contribution in [2.24, 2.45) is 11.8 Å². The third kappa shape index (κ3) is 3.87. The summed E-state index contributed by atoms with van der Waals surface area (Å²) in [6.45, 7) is -0.116. The molecule has 1 aromatic carbocycles. The van der Waals surface area contributed by atoms with Gasteiger partial charge >= 0.3 is 6.03 Å². The normalized spacial score (nSPS) is 22.5. The Kier molecular flexibility index (Phi) is 5.11. The number of imide groups is 2. The van der Waals surface area contributed by atoms with Crippen molar-refractivity contribution >= 4 is 23.8 Å². The van der Waals surface area contributed by atoms with E-state index >= 15 is 0 Å². The summed E-state index contributed by atoms with van der Waals surface area (Å²) in [5.41, 5.74) is 0.902. The molecule has 132 valence electrons. The number of rotatable bonds is 4. The Balaban J connectivity index is 1.49. The van der Waals surface area contributed by atoms with E-state index in [0.717, 1.165) is 23.3 Å². The number of urea groups is 1. The van der Waals surface area contributed by atoms with Crippen molar-refractivity contribution in [3.63, 3.8) is 0 Å². The molecule has 1 aliphatic heterocycles. The number of likely N-dealkylation sites (tertiary alicyclic amines) is 1. The first-order valence-electron chi connectivity index (χ1n) is 8.53. The Morgan fingerprint density at radius 2 is 1.60 bits per heavy atom. The highest BCUT2D eigenvalue weighted by Crippen LogP contribution is 2.37. The van der Waals surface area contributed by atoms with Crippen LogP contribution in [0, 0.1) is 11.8 Å². The number of nitrogens with one attached hydrogen (secondary N) is 2. The Hall–Kier alpha value is -2.70. The van der Waals surface area contributed by atoms with Crippen LogP contribution >= 0.6 is 0 Å². The first-order chi connectivity index (χ1) is 12.1. The van der Waals surface area contributed by atoms with Gasteiger partial charge in [-0.1, -0.05) is 43.2 Å². The molecule has 1 aliphatic carbocycles. The zero-order chi connectivity index (χ0) is 17.8. The van der Waals surface area contributed by atoms with E-state index in [-0.39, 0.29) is 30.2 Å². The summed E-state index contributed by atoms with van der Waals surface area (Å²) in [5.74, 6) is -1.81. The molecule has 0 radical (unpaired) electrons. The van der Waals surface area contributed by atoms with Gasteiger partial charge in [0.05, 0.1) is 11.8 Å². The molecule has 0 bridgehead atoms. The van der Waals surface area contributed by atoms with Crippen LogP contribution in [0.3, 0.4) is 0 Å². The first kappa shape index (κ1) is 17.1. The summed E-state index contributed by atoms with van der Waals surface area (Å²) in [7, 11) is 0. The lowest BCUT2D eigenvalue weighted by atomic mass is 9.81. The molecular weight excluding hydrogens is 322 g/mol. The third-order valence-corrected chi connectivity index (χ3v) is 4.78. The van der Waals surface area contributed by atoms with Crippen molar-refractivity contribution < 1.29 is 19.2 Å². The minimum atomic E-state index is -0.661. The summed E-state index contributed by atoms with van der Waals surface area (Å²) in [6, 6.07) is 8.63. The number of carbonyl (C=O) groups is 4. The first-order valence-corrected chi connectivity index (χ1v) is 8.53. The van der Waals surface area contributed by atoms with E-state index in [1.54, 1.807) is 0 Å². The maximum Gasteiger partial charge on any atom is 0.321 e. The molecule has 0 unspecified atom stereocenters. The second-order valence-corrected chi connectivity index (χ2v) is 6.48. The maximum atomic E-state index is 12.3. The van der Waals surface area contributed by atoms with Crippen molar-refractivity contribution in [3.8, 4) is 0 Å². The molecule has 2 fully saturated rings. The second kappa shape index (κ2) is 7.46. The van der Waals surface area contributed by atoms with Gasteiger partial charge in [-0.2, -0.15) is 0 Å². The SMILES string of the molecule is O=C(CN1C(=O)[C@H]2CCCC[C@@H]2C1=O)NC(=O)NCc1ccccc1. The molecule has 0 spiro atoms. The lowest BCUT2D eigenvalue weighted by Crippen LogP contribution is -2.46. The molecule has 1 heterocycles. The Bertz CT molecular complexity index is 665. The van der Waals surface area contributed by atoms with E-state index in [1.807, 2.05) is 30.3 Å². The topological polar surface area (TPSA) is 95.6 Å². The van der Waals surface area contributed by atoms with Crippen molar-refractivity contribution in [3.05, 3.63) is 35.9 Å². The largest absolute Gasteiger partial charge is 0.334 e. The molecule has 25 heavy (non-hydrogen) atoms. The van der Waals surface area contributed by atoms with E-state index in [2.05, 4.69) is 10.6 Å². The van der Waals surface area contributed by atoms with Crippen LogP contribution < -0.4 is 10.6 Å². The molecule has 2 aliphatic rings. The van der Waals surface area contributed by atoms with Crippen molar-refractivity contribution in [2.75, 3.05) is 6.54 Å². The lowest BCUT2D eigenvalue weighted by Gasteiger charge is -2.19. The Labute approximate surface area is 145 Å². The zero-order valence-electron chi connectivity index (χ0n) is 13.9. The van der Waals surface area contributed by atoms with Gasteiger partial charge in [0.2, 0.25) is 17.7 Å². The number of nitrogens with zero attached hydrogens (tertiary/aromatic N) is 1. The van der Waals surface area contributed by atoms with E-state index in [1.165, 1.54) is 0 Å². The molecule has 3 rings (SSSR count). The average Bonchev–Trinajstić information content (AvgIpc) is 2.86.